The quantitative estimate of drug-likeness (QED) is 0.396. The number of hydrogen-bond acceptors (Lipinski definition) is 7. The molecule has 0 saturated carbocycles. The van der Waals surface area contributed by atoms with Crippen molar-refractivity contribution in [3.63, 3.8) is 0 Å². The number of para-hydroxylation sites is 2. The Kier molecular flexibility index (Phi) is 6.45. The minimum Gasteiger partial charge on any atom is -0.325 e. The number of aryl methyl sites for hydroxylation is 2. The number of thioether (sulfide) groups is 1. The molecule has 164 valence electrons. The number of anilines is 2. The molecule has 0 radical (unpaired) electrons. The van der Waals surface area contributed by atoms with Gasteiger partial charge in [-0.15, -0.1) is 5.10 Å². The van der Waals surface area contributed by atoms with Crippen molar-refractivity contribution in [1.82, 2.24) is 29.8 Å². The molecule has 2 aromatic carbocycles. The third-order valence-electron chi connectivity index (χ3n) is 4.67. The summed E-state index contributed by atoms with van der Waals surface area (Å²) in [6.07, 6.45) is 0.920. The fourth-order valence-corrected chi connectivity index (χ4v) is 3.82. The second-order valence-electron chi connectivity index (χ2n) is 7.03. The summed E-state index contributed by atoms with van der Waals surface area (Å²) in [6, 6.07) is 14.5. The van der Waals surface area contributed by atoms with Gasteiger partial charge in [-0.3, -0.25) is 14.9 Å². The van der Waals surface area contributed by atoms with Gasteiger partial charge in [0.2, 0.25) is 17.0 Å². The number of nitrogens with one attached hydrogen (secondary N) is 2. The molecule has 10 nitrogen and oxygen atoms in total. The van der Waals surface area contributed by atoms with Gasteiger partial charge in [-0.05, 0) is 53.2 Å². The van der Waals surface area contributed by atoms with Crippen LogP contribution in [0.1, 0.15) is 23.7 Å². The van der Waals surface area contributed by atoms with Crippen molar-refractivity contribution in [1.29, 1.82) is 0 Å². The maximum atomic E-state index is 12.8. The summed E-state index contributed by atoms with van der Waals surface area (Å²) >= 11 is 1.24. The van der Waals surface area contributed by atoms with Gasteiger partial charge >= 0.3 is 0 Å². The number of rotatable bonds is 8. The van der Waals surface area contributed by atoms with E-state index in [-0.39, 0.29) is 17.6 Å². The van der Waals surface area contributed by atoms with Crippen molar-refractivity contribution in [2.75, 3.05) is 16.4 Å². The lowest BCUT2D eigenvalue weighted by molar-refractivity contribution is -0.113. The van der Waals surface area contributed by atoms with Crippen LogP contribution in [0.3, 0.4) is 0 Å². The number of imidazole rings is 1. The van der Waals surface area contributed by atoms with E-state index < -0.39 is 0 Å². The van der Waals surface area contributed by atoms with E-state index in [9.17, 15) is 9.59 Å². The summed E-state index contributed by atoms with van der Waals surface area (Å²) in [5.74, 6) is 0.236. The van der Waals surface area contributed by atoms with Gasteiger partial charge in [0.1, 0.15) is 0 Å². The van der Waals surface area contributed by atoms with Gasteiger partial charge in [0.05, 0.1) is 16.8 Å². The molecule has 0 aliphatic carbocycles. The zero-order chi connectivity index (χ0) is 22.5. The van der Waals surface area contributed by atoms with Gasteiger partial charge in [-0.1, -0.05) is 30.8 Å². The predicted octanol–water partition coefficient (Wildman–Crippen LogP) is 2.95. The fraction of sp³-hybridized carbons (Fsp3) is 0.238. The number of amides is 2. The molecule has 0 aliphatic rings. The molecule has 2 heterocycles. The molecule has 0 bridgehead atoms. The van der Waals surface area contributed by atoms with E-state index in [1.165, 1.54) is 16.4 Å². The van der Waals surface area contributed by atoms with Crippen LogP contribution in [-0.2, 0) is 18.4 Å². The molecule has 0 saturated heterocycles. The maximum absolute atomic E-state index is 12.8. The molecule has 0 unspecified atom stereocenters. The summed E-state index contributed by atoms with van der Waals surface area (Å²) in [4.78, 5) is 29.5. The van der Waals surface area contributed by atoms with Crippen LogP contribution < -0.4 is 10.6 Å². The van der Waals surface area contributed by atoms with Crippen LogP contribution in [-0.4, -0.2) is 47.3 Å². The van der Waals surface area contributed by atoms with E-state index in [1.807, 2.05) is 28.8 Å². The minimum absolute atomic E-state index is 0.171. The molecule has 11 heteroatoms. The molecular formula is C21H22N8O2S. The van der Waals surface area contributed by atoms with E-state index in [1.54, 1.807) is 31.3 Å². The van der Waals surface area contributed by atoms with Crippen molar-refractivity contribution in [2.24, 2.45) is 7.05 Å². The minimum atomic E-state index is -0.263. The molecule has 0 fully saturated rings. The first kappa shape index (κ1) is 21.5. The zero-order valence-corrected chi connectivity index (χ0v) is 18.5. The highest BCUT2D eigenvalue weighted by Gasteiger charge is 2.14. The van der Waals surface area contributed by atoms with Crippen LogP contribution in [0.4, 0.5) is 11.6 Å². The van der Waals surface area contributed by atoms with E-state index in [0.29, 0.717) is 22.4 Å². The van der Waals surface area contributed by atoms with Crippen LogP contribution in [0.5, 0.6) is 0 Å². The second-order valence-corrected chi connectivity index (χ2v) is 7.97. The van der Waals surface area contributed by atoms with Crippen molar-refractivity contribution >= 4 is 46.2 Å². The molecule has 2 N–H and O–H groups in total. The topological polar surface area (TPSA) is 120 Å². The van der Waals surface area contributed by atoms with Gasteiger partial charge in [0.15, 0.2) is 0 Å². The average Bonchev–Trinajstić information content (AvgIpc) is 3.36. The number of carbonyl (C=O) groups is 2. The Labute approximate surface area is 188 Å². The largest absolute Gasteiger partial charge is 0.325 e. The van der Waals surface area contributed by atoms with Crippen molar-refractivity contribution in [3.05, 3.63) is 54.1 Å². The first-order chi connectivity index (χ1) is 15.5. The first-order valence-electron chi connectivity index (χ1n) is 10.1. The smallest absolute Gasteiger partial charge is 0.257 e. The highest BCUT2D eigenvalue weighted by atomic mass is 32.2. The lowest BCUT2D eigenvalue weighted by Gasteiger charge is -2.10. The Morgan fingerprint density at radius 2 is 1.84 bits per heavy atom. The van der Waals surface area contributed by atoms with Crippen LogP contribution in [0.2, 0.25) is 0 Å². The van der Waals surface area contributed by atoms with Gasteiger partial charge in [0, 0.05) is 24.8 Å². The number of tetrazole rings is 1. The molecule has 32 heavy (non-hydrogen) atoms. The number of nitrogens with zero attached hydrogens (tertiary/aromatic N) is 6. The van der Waals surface area contributed by atoms with Crippen molar-refractivity contribution < 1.29 is 9.59 Å². The van der Waals surface area contributed by atoms with E-state index in [4.69, 9.17) is 0 Å². The molecule has 0 atom stereocenters. The third kappa shape index (κ3) is 4.78. The number of carbonyl (C=O) groups excluding carboxylic acids is 2. The average molecular weight is 451 g/mol. The Morgan fingerprint density at radius 1 is 1.06 bits per heavy atom. The van der Waals surface area contributed by atoms with Crippen molar-refractivity contribution in [2.45, 2.75) is 25.0 Å². The monoisotopic (exact) mass is 450 g/mol. The third-order valence-corrected chi connectivity index (χ3v) is 5.68. The first-order valence-corrected chi connectivity index (χ1v) is 11.1. The molecule has 2 aromatic heterocycles. The maximum Gasteiger partial charge on any atom is 0.257 e. The lowest BCUT2D eigenvalue weighted by Crippen LogP contribution is -2.17. The number of benzene rings is 2. The number of fused-ring (bicyclic) bond motifs is 1. The normalized spacial score (nSPS) is 10.9. The highest BCUT2D eigenvalue weighted by Crippen LogP contribution is 2.21. The van der Waals surface area contributed by atoms with Gasteiger partial charge in [-0.2, -0.15) is 0 Å². The standard InChI is InChI=1S/C21H22N8O2S/c1-3-12-29-17-7-5-4-6-16(17)23-20(29)24-19(31)14-8-10-15(11-9-14)22-18(30)13-32-21-25-26-27-28(21)2/h4-11H,3,12-13H2,1-2H3,(H,22,30)(H,23,24,31). The number of hydrogen-bond donors (Lipinski definition) is 2. The Morgan fingerprint density at radius 3 is 2.56 bits per heavy atom. The Bertz CT molecular complexity index is 1250. The van der Waals surface area contributed by atoms with Crippen LogP contribution >= 0.6 is 11.8 Å². The van der Waals surface area contributed by atoms with Gasteiger partial charge in [0.25, 0.3) is 5.91 Å². The summed E-state index contributed by atoms with van der Waals surface area (Å²) in [7, 11) is 1.71. The SMILES string of the molecule is CCCn1c(NC(=O)c2ccc(NC(=O)CSc3nnnn3C)cc2)nc2ccccc21. The predicted molar refractivity (Wildman–Crippen MR) is 123 cm³/mol. The molecule has 4 aromatic rings. The van der Waals surface area contributed by atoms with Gasteiger partial charge < -0.3 is 9.88 Å². The highest BCUT2D eigenvalue weighted by molar-refractivity contribution is 7.99. The Balaban J connectivity index is 1.39. The summed E-state index contributed by atoms with van der Waals surface area (Å²) in [6.45, 7) is 2.83. The second kappa shape index (κ2) is 9.60. The van der Waals surface area contributed by atoms with Crippen LogP contribution in [0.25, 0.3) is 11.0 Å². The summed E-state index contributed by atoms with van der Waals surface area (Å²) in [5, 5.41) is 17.3. The lowest BCUT2D eigenvalue weighted by atomic mass is 10.2. The van der Waals surface area contributed by atoms with Crippen LogP contribution in [0, 0.1) is 0 Å². The van der Waals surface area contributed by atoms with Crippen LogP contribution in [0.15, 0.2) is 53.7 Å². The van der Waals surface area contributed by atoms with Gasteiger partial charge in [-0.25, -0.2) is 9.67 Å². The molecule has 2 amide bonds. The summed E-state index contributed by atoms with van der Waals surface area (Å²) in [5.41, 5.74) is 2.89. The Hall–Kier alpha value is -3.73. The van der Waals surface area contributed by atoms with E-state index in [0.717, 1.165) is 24.0 Å². The fourth-order valence-electron chi connectivity index (χ4n) is 3.17. The molecule has 4 rings (SSSR count). The molecular weight excluding hydrogens is 428 g/mol. The van der Waals surface area contributed by atoms with Crippen molar-refractivity contribution in [3.8, 4) is 0 Å². The number of aromatic nitrogens is 6. The van der Waals surface area contributed by atoms with E-state index >= 15 is 0 Å². The van der Waals surface area contributed by atoms with E-state index in [2.05, 4.69) is 38.1 Å². The summed E-state index contributed by atoms with van der Waals surface area (Å²) < 4.78 is 3.51. The zero-order valence-electron chi connectivity index (χ0n) is 17.6. The molecule has 0 aliphatic heterocycles. The molecule has 0 spiro atoms.